The van der Waals surface area contributed by atoms with Gasteiger partial charge in [-0.05, 0) is 148 Å². The minimum atomic E-state index is -0.271. The van der Waals surface area contributed by atoms with E-state index in [0.29, 0.717) is 89.6 Å². The topological polar surface area (TPSA) is 115 Å². The molecule has 0 bridgehead atoms. The Balaban J connectivity index is 1.31. The molecule has 0 aliphatic heterocycles. The van der Waals surface area contributed by atoms with Crippen LogP contribution in [0.25, 0.3) is 76.1 Å². The number of unbranched alkanes of at least 4 members (excludes halogenated alkanes) is 38. The lowest BCUT2D eigenvalue weighted by Crippen LogP contribution is -2.25. The molecule has 0 fully saturated rings. The molecule has 0 aliphatic rings. The van der Waals surface area contributed by atoms with Gasteiger partial charge in [-0.25, -0.2) is 0 Å². The molecule has 2 aromatic heterocycles. The Morgan fingerprint density at radius 1 is 0.230 bits per heavy atom. The number of hydrogen-bond donors (Lipinski definition) is 0. The number of fused-ring (bicyclic) bond motifs is 5. The molecule has 8 aromatic rings. The van der Waals surface area contributed by atoms with E-state index in [4.69, 9.17) is 18.9 Å². The van der Waals surface area contributed by atoms with Crippen molar-refractivity contribution in [1.82, 2.24) is 9.13 Å². The van der Waals surface area contributed by atoms with E-state index in [1.165, 1.54) is 195 Å². The molecule has 10 nitrogen and oxygen atoms in total. The first-order valence-corrected chi connectivity index (χ1v) is 41.2. The maximum atomic E-state index is 15.5. The summed E-state index contributed by atoms with van der Waals surface area (Å²) < 4.78 is 29.9. The van der Waals surface area contributed by atoms with E-state index >= 15 is 9.59 Å². The van der Waals surface area contributed by atoms with Gasteiger partial charge in [-0.1, -0.05) is 286 Å². The third kappa shape index (κ3) is 23.8. The number of hydrogen-bond acceptors (Lipinski definition) is 8. The second kappa shape index (κ2) is 44.8. The van der Waals surface area contributed by atoms with Crippen LogP contribution in [0.2, 0.25) is 0 Å². The van der Waals surface area contributed by atoms with Gasteiger partial charge in [0.15, 0.2) is 0 Å². The van der Waals surface area contributed by atoms with Crippen LogP contribution in [0, 0.1) is 0 Å². The van der Waals surface area contributed by atoms with Gasteiger partial charge < -0.3 is 18.9 Å². The fourth-order valence-corrected chi connectivity index (χ4v) is 15.2. The van der Waals surface area contributed by atoms with E-state index < -0.39 is 0 Å². The molecular weight excluding hydrogens is 1240 g/mol. The van der Waals surface area contributed by atoms with Crippen molar-refractivity contribution in [3.05, 3.63) is 114 Å². The SMILES string of the molecule is CCCCCCCCCCCCn1c(=O)c2cc3cc4cc5c(-c6cc(OCCCCCCCC)cc(OCCCCCCCC)c6)c6c(=O)n(CCCCCCCCCCCC)c(=O)c6cc5cc4c(-c4cc(OCCCCCCCC)cc(OCCCCCCCC)c4)c3cc2c1=O. The fraction of sp³-hybridized carbons (Fsp3) is 0.622. The van der Waals surface area contributed by atoms with Gasteiger partial charge in [0.05, 0.1) is 48.0 Å². The first kappa shape index (κ1) is 79.3. The molecule has 0 radical (unpaired) electrons. The summed E-state index contributed by atoms with van der Waals surface area (Å²) in [7, 11) is 0. The van der Waals surface area contributed by atoms with E-state index in [1.54, 1.807) is 0 Å². The number of rotatable bonds is 56. The van der Waals surface area contributed by atoms with E-state index in [-0.39, 0.29) is 22.2 Å². The third-order valence-electron chi connectivity index (χ3n) is 21.1. The highest BCUT2D eigenvalue weighted by atomic mass is 16.5. The number of benzene rings is 6. The van der Waals surface area contributed by atoms with Crippen LogP contribution < -0.4 is 41.2 Å². The van der Waals surface area contributed by atoms with E-state index in [2.05, 4.69) is 84.0 Å². The fourth-order valence-electron chi connectivity index (χ4n) is 15.2. The van der Waals surface area contributed by atoms with Crippen LogP contribution in [0.3, 0.4) is 0 Å². The summed E-state index contributed by atoms with van der Waals surface area (Å²) in [6, 6.07) is 24.8. The zero-order valence-corrected chi connectivity index (χ0v) is 63.4. The summed E-state index contributed by atoms with van der Waals surface area (Å²) in [5.74, 6) is 2.77. The second-order valence-electron chi connectivity index (χ2n) is 29.6. The molecule has 0 unspecified atom stereocenters. The van der Waals surface area contributed by atoms with Gasteiger partial charge in [0.25, 0.3) is 22.2 Å². The number of nitrogens with zero attached hydrogens (tertiary/aromatic N) is 2. The third-order valence-corrected chi connectivity index (χ3v) is 21.1. The van der Waals surface area contributed by atoms with Crippen LogP contribution in [0.15, 0.2) is 92.0 Å². The molecule has 0 N–H and O–H groups in total. The summed E-state index contributed by atoms with van der Waals surface area (Å²) >= 11 is 0. The zero-order valence-electron chi connectivity index (χ0n) is 63.4. The molecule has 8 rings (SSSR count). The van der Waals surface area contributed by atoms with Crippen molar-refractivity contribution in [2.75, 3.05) is 26.4 Å². The van der Waals surface area contributed by atoms with Crippen molar-refractivity contribution >= 4 is 53.9 Å². The predicted molar refractivity (Wildman–Crippen MR) is 427 cm³/mol. The van der Waals surface area contributed by atoms with E-state index in [0.717, 1.165) is 145 Å². The van der Waals surface area contributed by atoms with Crippen molar-refractivity contribution in [3.63, 3.8) is 0 Å². The smallest absolute Gasteiger partial charge is 0.262 e. The Hall–Kier alpha value is -6.42. The van der Waals surface area contributed by atoms with Crippen molar-refractivity contribution < 1.29 is 18.9 Å². The Labute approximate surface area is 601 Å². The van der Waals surface area contributed by atoms with Crippen LogP contribution in [0.1, 0.15) is 324 Å². The predicted octanol–water partition coefficient (Wildman–Crippen LogP) is 25.5. The lowest BCUT2D eigenvalue weighted by molar-refractivity contribution is 0.289. The maximum absolute atomic E-state index is 15.5. The molecule has 100 heavy (non-hydrogen) atoms. The first-order chi connectivity index (χ1) is 49.1. The molecule has 0 saturated heterocycles. The Morgan fingerprint density at radius 2 is 0.480 bits per heavy atom. The number of aromatic nitrogens is 2. The van der Waals surface area contributed by atoms with Crippen molar-refractivity contribution in [2.24, 2.45) is 0 Å². The highest BCUT2D eigenvalue weighted by Gasteiger charge is 2.25. The highest BCUT2D eigenvalue weighted by Crippen LogP contribution is 2.45. The zero-order chi connectivity index (χ0) is 70.5. The lowest BCUT2D eigenvalue weighted by Gasteiger charge is -2.18. The number of ether oxygens (including phenoxy) is 4. The molecular formula is C90H130N2O8. The average molecular weight is 1370 g/mol. The van der Waals surface area contributed by atoms with Crippen molar-refractivity contribution in [1.29, 1.82) is 0 Å². The van der Waals surface area contributed by atoms with Gasteiger partial charge in [0.1, 0.15) is 23.0 Å². The van der Waals surface area contributed by atoms with E-state index in [9.17, 15) is 9.59 Å². The first-order valence-electron chi connectivity index (χ1n) is 41.2. The Kier molecular flexibility index (Phi) is 35.6. The summed E-state index contributed by atoms with van der Waals surface area (Å²) in [6.45, 7) is 16.5. The molecule has 10 heteroatoms. The van der Waals surface area contributed by atoms with Gasteiger partial charge >= 0.3 is 0 Å². The van der Waals surface area contributed by atoms with Crippen LogP contribution in [0.4, 0.5) is 0 Å². The average Bonchev–Trinajstić information content (AvgIpc) is 1.39. The summed E-state index contributed by atoms with van der Waals surface area (Å²) in [6.07, 6.45) is 50.6. The molecule has 0 atom stereocenters. The summed E-state index contributed by atoms with van der Waals surface area (Å²) in [5, 5.41) is 6.72. The molecule has 0 aliphatic carbocycles. The summed E-state index contributed by atoms with van der Waals surface area (Å²) in [5.41, 5.74) is 2.15. The summed E-state index contributed by atoms with van der Waals surface area (Å²) in [4.78, 5) is 60.3. The Bertz CT molecular complexity index is 3850. The largest absolute Gasteiger partial charge is 0.493 e. The van der Waals surface area contributed by atoms with Gasteiger partial charge in [0, 0.05) is 30.8 Å². The molecule has 6 aromatic carbocycles. The van der Waals surface area contributed by atoms with Crippen molar-refractivity contribution in [3.8, 4) is 45.3 Å². The molecule has 0 saturated carbocycles. The standard InChI is InChI=1S/C90H130N2O8/c1-7-13-19-25-31-33-35-37-39-45-51-91-87(93)81-64-70-57-69-62-79-71(63-78(69)84(80(70)68-82(81)88(91)94)72-58-74(97-53-47-41-27-21-15-9-3)66-75(59-72)98-54-48-42-28-22-16-10-4)65-83-86(90(96)92(89(83)95)52-46-40-38-36-34-32-26-20-14-8-2)85(79)73-60-76(99-55-49-43-29-23-17-11-5)67-77(61-73)100-56-50-44-30-24-18-12-6/h57-68H,7-56H2,1-6H3. The van der Waals surface area contributed by atoms with Crippen LogP contribution >= 0.6 is 0 Å². The van der Waals surface area contributed by atoms with Crippen LogP contribution in [-0.4, -0.2) is 35.6 Å². The van der Waals surface area contributed by atoms with E-state index in [1.807, 2.05) is 30.3 Å². The normalized spacial score (nSPS) is 11.9. The maximum Gasteiger partial charge on any atom is 0.262 e. The highest BCUT2D eigenvalue weighted by molar-refractivity contribution is 6.22. The monoisotopic (exact) mass is 1370 g/mol. The van der Waals surface area contributed by atoms with Gasteiger partial charge in [0.2, 0.25) is 0 Å². The molecule has 2 heterocycles. The van der Waals surface area contributed by atoms with Gasteiger partial charge in [-0.15, -0.1) is 0 Å². The molecule has 0 amide bonds. The Morgan fingerprint density at radius 3 is 0.840 bits per heavy atom. The quantitative estimate of drug-likeness (QED) is 0.0273. The van der Waals surface area contributed by atoms with Crippen LogP contribution in [-0.2, 0) is 13.1 Å². The minimum Gasteiger partial charge on any atom is -0.493 e. The van der Waals surface area contributed by atoms with Gasteiger partial charge in [-0.2, -0.15) is 0 Å². The van der Waals surface area contributed by atoms with Crippen molar-refractivity contribution in [2.45, 2.75) is 337 Å². The van der Waals surface area contributed by atoms with Gasteiger partial charge in [-0.3, -0.25) is 28.3 Å². The molecule has 0 spiro atoms. The molecule has 548 valence electrons. The lowest BCUT2D eigenvalue weighted by atomic mass is 9.87. The second-order valence-corrected chi connectivity index (χ2v) is 29.6. The minimum absolute atomic E-state index is 0.245. The van der Waals surface area contributed by atoms with Crippen LogP contribution in [0.5, 0.6) is 23.0 Å².